The Balaban J connectivity index is 0.00000225. The summed E-state index contributed by atoms with van der Waals surface area (Å²) < 4.78 is 23.2. The molecule has 1 aliphatic carbocycles. The molecule has 140 valence electrons. The van der Waals surface area contributed by atoms with Crippen molar-refractivity contribution in [3.8, 4) is 0 Å². The molecule has 7 heteroatoms. The molecule has 0 amide bonds. The number of halogens is 1. The van der Waals surface area contributed by atoms with Crippen LogP contribution in [0.3, 0.4) is 0 Å². The molecular formula is C18H28IN3O2S. The minimum Gasteiger partial charge on any atom is -0.354 e. The third-order valence-electron chi connectivity index (χ3n) is 4.64. The SMILES string of the molecule is Cc1ccc(CN(C)C(=NCC2CCS(=O)(=O)C2)NC2CC2)cc1.I. The first-order valence-corrected chi connectivity index (χ1v) is 10.5. The molecule has 1 heterocycles. The molecule has 0 radical (unpaired) electrons. The molecule has 3 rings (SSSR count). The molecule has 1 saturated heterocycles. The highest BCUT2D eigenvalue weighted by Crippen LogP contribution is 2.21. The zero-order valence-electron chi connectivity index (χ0n) is 14.9. The van der Waals surface area contributed by atoms with E-state index in [-0.39, 0.29) is 35.6 Å². The van der Waals surface area contributed by atoms with E-state index in [9.17, 15) is 8.42 Å². The number of aryl methyl sites for hydroxylation is 1. The highest BCUT2D eigenvalue weighted by molar-refractivity contribution is 14.0. The molecule has 0 bridgehead atoms. The van der Waals surface area contributed by atoms with Crippen molar-refractivity contribution in [3.05, 3.63) is 35.4 Å². The van der Waals surface area contributed by atoms with Gasteiger partial charge in [0, 0.05) is 26.2 Å². The topological polar surface area (TPSA) is 61.8 Å². The summed E-state index contributed by atoms with van der Waals surface area (Å²) in [5.74, 6) is 1.66. The molecule has 5 nitrogen and oxygen atoms in total. The van der Waals surface area contributed by atoms with Crippen LogP contribution >= 0.6 is 24.0 Å². The van der Waals surface area contributed by atoms with E-state index in [1.54, 1.807) is 0 Å². The van der Waals surface area contributed by atoms with Gasteiger partial charge in [0.25, 0.3) is 0 Å². The van der Waals surface area contributed by atoms with Crippen LogP contribution in [0.2, 0.25) is 0 Å². The van der Waals surface area contributed by atoms with Crippen LogP contribution in [-0.4, -0.2) is 50.4 Å². The molecule has 1 aromatic rings. The molecule has 25 heavy (non-hydrogen) atoms. The van der Waals surface area contributed by atoms with E-state index in [1.165, 1.54) is 24.0 Å². The van der Waals surface area contributed by atoms with Gasteiger partial charge in [-0.05, 0) is 37.7 Å². The number of aliphatic imine (C=N–C) groups is 1. The second-order valence-electron chi connectivity index (χ2n) is 7.19. The molecule has 1 unspecified atom stereocenters. The molecule has 2 aliphatic rings. The minimum atomic E-state index is -2.83. The first kappa shape index (κ1) is 20.5. The number of rotatable bonds is 5. The van der Waals surface area contributed by atoms with Crippen LogP contribution in [0.4, 0.5) is 0 Å². The smallest absolute Gasteiger partial charge is 0.194 e. The Morgan fingerprint density at radius 3 is 2.48 bits per heavy atom. The summed E-state index contributed by atoms with van der Waals surface area (Å²) in [6, 6.07) is 9.06. The predicted molar refractivity (Wildman–Crippen MR) is 113 cm³/mol. The van der Waals surface area contributed by atoms with Crippen molar-refractivity contribution in [2.24, 2.45) is 10.9 Å². The third kappa shape index (κ3) is 6.44. The van der Waals surface area contributed by atoms with Crippen molar-refractivity contribution in [1.82, 2.24) is 10.2 Å². The normalized spacial score (nSPS) is 22.3. The van der Waals surface area contributed by atoms with Crippen LogP contribution in [0, 0.1) is 12.8 Å². The zero-order valence-corrected chi connectivity index (χ0v) is 18.1. The lowest BCUT2D eigenvalue weighted by atomic mass is 10.1. The minimum absolute atomic E-state index is 0. The van der Waals surface area contributed by atoms with Gasteiger partial charge in [-0.25, -0.2) is 8.42 Å². The fourth-order valence-electron chi connectivity index (χ4n) is 2.96. The Kier molecular flexibility index (Phi) is 7.13. The van der Waals surface area contributed by atoms with Crippen LogP contribution in [0.15, 0.2) is 29.3 Å². The van der Waals surface area contributed by atoms with Crippen molar-refractivity contribution in [3.63, 3.8) is 0 Å². The fraction of sp³-hybridized carbons (Fsp3) is 0.611. The average molecular weight is 477 g/mol. The molecule has 0 spiro atoms. The number of nitrogens with one attached hydrogen (secondary N) is 1. The number of hydrogen-bond donors (Lipinski definition) is 1. The second kappa shape index (κ2) is 8.70. The van der Waals surface area contributed by atoms with Gasteiger partial charge in [0.15, 0.2) is 15.8 Å². The van der Waals surface area contributed by atoms with Gasteiger partial charge in [-0.1, -0.05) is 29.8 Å². The molecule has 1 aliphatic heterocycles. The lowest BCUT2D eigenvalue weighted by Crippen LogP contribution is -2.40. The maximum atomic E-state index is 11.6. The van der Waals surface area contributed by atoms with Crippen LogP contribution in [-0.2, 0) is 16.4 Å². The molecule has 1 N–H and O–H groups in total. The summed E-state index contributed by atoms with van der Waals surface area (Å²) >= 11 is 0. The number of sulfone groups is 1. The standard InChI is InChI=1S/C18H27N3O2S.HI/c1-14-3-5-15(6-4-14)12-21(2)18(20-17-7-8-17)19-11-16-9-10-24(22,23)13-16;/h3-6,16-17H,7-13H2,1-2H3,(H,19,20);1H. The maximum absolute atomic E-state index is 11.6. The van der Waals surface area contributed by atoms with E-state index in [0.29, 0.717) is 18.3 Å². The quantitative estimate of drug-likeness (QED) is 0.403. The largest absolute Gasteiger partial charge is 0.354 e. The number of guanidine groups is 1. The summed E-state index contributed by atoms with van der Waals surface area (Å²) in [7, 11) is -0.789. The molecular weight excluding hydrogens is 449 g/mol. The van der Waals surface area contributed by atoms with Gasteiger partial charge in [0.05, 0.1) is 11.5 Å². The molecule has 1 aromatic carbocycles. The first-order chi connectivity index (χ1) is 11.4. The Morgan fingerprint density at radius 1 is 1.24 bits per heavy atom. The monoisotopic (exact) mass is 477 g/mol. The summed E-state index contributed by atoms with van der Waals surface area (Å²) in [5.41, 5.74) is 2.51. The van der Waals surface area contributed by atoms with Gasteiger partial charge in [0.1, 0.15) is 0 Å². The van der Waals surface area contributed by atoms with Crippen molar-refractivity contribution < 1.29 is 8.42 Å². The molecule has 1 saturated carbocycles. The van der Waals surface area contributed by atoms with Gasteiger partial charge in [-0.15, -0.1) is 24.0 Å². The van der Waals surface area contributed by atoms with E-state index >= 15 is 0 Å². The van der Waals surface area contributed by atoms with Crippen molar-refractivity contribution in [2.45, 2.75) is 38.8 Å². The van der Waals surface area contributed by atoms with E-state index < -0.39 is 9.84 Å². The van der Waals surface area contributed by atoms with Gasteiger partial charge >= 0.3 is 0 Å². The van der Waals surface area contributed by atoms with Crippen molar-refractivity contribution in [2.75, 3.05) is 25.1 Å². The second-order valence-corrected chi connectivity index (χ2v) is 9.42. The fourth-order valence-corrected chi connectivity index (χ4v) is 4.81. The highest BCUT2D eigenvalue weighted by Gasteiger charge is 2.28. The lowest BCUT2D eigenvalue weighted by Gasteiger charge is -2.23. The summed E-state index contributed by atoms with van der Waals surface area (Å²) in [6.07, 6.45) is 3.12. The van der Waals surface area contributed by atoms with Gasteiger partial charge in [0.2, 0.25) is 0 Å². The molecule has 1 atom stereocenters. The number of hydrogen-bond acceptors (Lipinski definition) is 3. The van der Waals surface area contributed by atoms with Crippen LogP contribution in [0.1, 0.15) is 30.4 Å². The Bertz CT molecular complexity index is 700. The summed E-state index contributed by atoms with van der Waals surface area (Å²) in [5, 5.41) is 3.49. The van der Waals surface area contributed by atoms with Crippen molar-refractivity contribution >= 4 is 39.8 Å². The van der Waals surface area contributed by atoms with E-state index in [1.807, 2.05) is 7.05 Å². The summed E-state index contributed by atoms with van der Waals surface area (Å²) in [4.78, 5) is 6.86. The maximum Gasteiger partial charge on any atom is 0.194 e. The van der Waals surface area contributed by atoms with Gasteiger partial charge in [-0.3, -0.25) is 4.99 Å². The Hall–Kier alpha value is -0.830. The van der Waals surface area contributed by atoms with E-state index in [4.69, 9.17) is 4.99 Å². The lowest BCUT2D eigenvalue weighted by molar-refractivity contribution is 0.470. The first-order valence-electron chi connectivity index (χ1n) is 8.69. The number of nitrogens with zero attached hydrogens (tertiary/aromatic N) is 2. The molecule has 0 aromatic heterocycles. The van der Waals surface area contributed by atoms with Gasteiger partial charge in [-0.2, -0.15) is 0 Å². The third-order valence-corrected chi connectivity index (χ3v) is 6.48. The van der Waals surface area contributed by atoms with Crippen LogP contribution in [0.5, 0.6) is 0 Å². The predicted octanol–water partition coefficient (Wildman–Crippen LogP) is 2.59. The highest BCUT2D eigenvalue weighted by atomic mass is 127. The van der Waals surface area contributed by atoms with E-state index in [2.05, 4.69) is 41.4 Å². The van der Waals surface area contributed by atoms with Crippen molar-refractivity contribution in [1.29, 1.82) is 0 Å². The summed E-state index contributed by atoms with van der Waals surface area (Å²) in [6.45, 7) is 3.47. The van der Waals surface area contributed by atoms with Crippen LogP contribution in [0.25, 0.3) is 0 Å². The van der Waals surface area contributed by atoms with Crippen LogP contribution < -0.4 is 5.32 Å². The Labute approximate surface area is 168 Å². The molecule has 2 fully saturated rings. The zero-order chi connectivity index (χ0) is 17.2. The Morgan fingerprint density at radius 2 is 1.92 bits per heavy atom. The number of benzene rings is 1. The average Bonchev–Trinajstić information content (AvgIpc) is 3.28. The van der Waals surface area contributed by atoms with Gasteiger partial charge < -0.3 is 10.2 Å². The van der Waals surface area contributed by atoms with E-state index in [0.717, 1.165) is 18.9 Å².